The molecule has 5 rings (SSSR count). The van der Waals surface area contributed by atoms with Crippen LogP contribution >= 0.6 is 0 Å². The second-order valence-electron chi connectivity index (χ2n) is 10.9. The molecule has 224 valence electrons. The molecule has 13 heteroatoms. The second-order valence-corrected chi connectivity index (χ2v) is 10.9. The summed E-state index contributed by atoms with van der Waals surface area (Å²) in [5, 5.41) is 2.25. The molecule has 1 saturated heterocycles. The number of amides is 1. The Balaban J connectivity index is 1.57. The maximum atomic E-state index is 16.3. The van der Waals surface area contributed by atoms with E-state index in [9.17, 15) is 22.8 Å². The standard InChI is InChI=1S/C29H30F5N5O3/c1-15-12-39(13-16(2)38(15)3)22-9-21(30)25(18-6-7-24(36-10-18)42-14-17-4-5-17)26(31)27(22)37-28(41)19-11-35-23(40)8-20(19)29(32,33)34/h6-11,15-17H,4-5,12-14H2,1-3H3,(H,35,40)(H,37,41)/t15-,16?/m0/s1. The Labute approximate surface area is 238 Å². The van der Waals surface area contributed by atoms with Gasteiger partial charge in [0.2, 0.25) is 11.4 Å². The Bertz CT molecular complexity index is 1530. The lowest BCUT2D eigenvalue weighted by Gasteiger charge is -2.44. The fourth-order valence-electron chi connectivity index (χ4n) is 5.02. The maximum absolute atomic E-state index is 16.3. The zero-order valence-electron chi connectivity index (χ0n) is 23.2. The van der Waals surface area contributed by atoms with Gasteiger partial charge in [0.1, 0.15) is 11.5 Å². The van der Waals surface area contributed by atoms with Gasteiger partial charge in [-0.2, -0.15) is 13.2 Å². The van der Waals surface area contributed by atoms with E-state index in [4.69, 9.17) is 4.74 Å². The maximum Gasteiger partial charge on any atom is 0.417 e. The van der Waals surface area contributed by atoms with Crippen LogP contribution in [0, 0.1) is 17.6 Å². The first kappa shape index (κ1) is 29.5. The number of carbonyl (C=O) groups excluding carboxylic acids is 1. The predicted octanol–water partition coefficient (Wildman–Crippen LogP) is 5.30. The Hall–Kier alpha value is -4.00. The SMILES string of the molecule is CC1CN(c2cc(F)c(-c3ccc(OCC4CC4)nc3)c(F)c2NC(=O)c2c[nH]c(=O)cc2C(F)(F)F)C[C@H](C)N1C. The molecule has 1 amide bonds. The number of carbonyl (C=O) groups is 1. The largest absolute Gasteiger partial charge is 0.477 e. The van der Waals surface area contributed by atoms with Crippen LogP contribution in [-0.4, -0.2) is 59.6 Å². The Morgan fingerprint density at radius 2 is 1.83 bits per heavy atom. The number of nitrogens with one attached hydrogen (secondary N) is 2. The average Bonchev–Trinajstić information content (AvgIpc) is 3.76. The summed E-state index contributed by atoms with van der Waals surface area (Å²) in [6.45, 7) is 5.02. The van der Waals surface area contributed by atoms with Gasteiger partial charge in [-0.15, -0.1) is 0 Å². The van der Waals surface area contributed by atoms with Gasteiger partial charge in [-0.1, -0.05) is 0 Å². The number of benzene rings is 1. The van der Waals surface area contributed by atoms with E-state index >= 15 is 8.78 Å². The minimum Gasteiger partial charge on any atom is -0.477 e. The van der Waals surface area contributed by atoms with Crippen molar-refractivity contribution in [3.8, 4) is 17.0 Å². The van der Waals surface area contributed by atoms with Crippen molar-refractivity contribution in [3.05, 3.63) is 69.8 Å². The van der Waals surface area contributed by atoms with Crippen LogP contribution < -0.4 is 20.5 Å². The highest BCUT2D eigenvalue weighted by molar-refractivity contribution is 6.07. The van der Waals surface area contributed by atoms with Crippen molar-refractivity contribution in [1.29, 1.82) is 0 Å². The topological polar surface area (TPSA) is 90.6 Å². The molecular weight excluding hydrogens is 561 g/mol. The molecule has 42 heavy (non-hydrogen) atoms. The van der Waals surface area contributed by atoms with Crippen LogP contribution in [0.3, 0.4) is 0 Å². The summed E-state index contributed by atoms with van der Waals surface area (Å²) in [4.78, 5) is 34.8. The third-order valence-corrected chi connectivity index (χ3v) is 7.80. The number of aromatic nitrogens is 2. The first-order valence-electron chi connectivity index (χ1n) is 13.5. The number of aromatic amines is 1. The molecule has 1 aromatic carbocycles. The molecule has 0 bridgehead atoms. The van der Waals surface area contributed by atoms with Gasteiger partial charge < -0.3 is 19.9 Å². The van der Waals surface area contributed by atoms with Gasteiger partial charge in [-0.05, 0) is 45.7 Å². The van der Waals surface area contributed by atoms with E-state index in [1.807, 2.05) is 20.9 Å². The summed E-state index contributed by atoms with van der Waals surface area (Å²) in [6.07, 6.45) is -1.04. The van der Waals surface area contributed by atoms with E-state index in [-0.39, 0.29) is 35.3 Å². The van der Waals surface area contributed by atoms with E-state index in [1.165, 1.54) is 18.3 Å². The first-order valence-corrected chi connectivity index (χ1v) is 13.5. The van der Waals surface area contributed by atoms with E-state index < -0.39 is 51.7 Å². The van der Waals surface area contributed by atoms with Crippen LogP contribution in [0.4, 0.5) is 33.3 Å². The molecule has 2 aliphatic rings. The number of halogens is 5. The van der Waals surface area contributed by atoms with E-state index in [0.717, 1.165) is 18.9 Å². The van der Waals surface area contributed by atoms with Crippen molar-refractivity contribution in [3.63, 3.8) is 0 Å². The number of anilines is 2. The smallest absolute Gasteiger partial charge is 0.417 e. The molecule has 1 aliphatic heterocycles. The number of hydrogen-bond acceptors (Lipinski definition) is 6. The number of piperazine rings is 1. The van der Waals surface area contributed by atoms with Gasteiger partial charge in [-0.25, -0.2) is 13.8 Å². The minimum absolute atomic E-state index is 0.0239. The second kappa shape index (κ2) is 11.3. The number of ether oxygens (including phenoxy) is 1. The van der Waals surface area contributed by atoms with Crippen molar-refractivity contribution < 1.29 is 31.5 Å². The Morgan fingerprint density at radius 3 is 2.43 bits per heavy atom. The number of rotatable bonds is 7. The van der Waals surface area contributed by atoms with Crippen LogP contribution in [0.15, 0.2) is 41.5 Å². The van der Waals surface area contributed by atoms with Gasteiger partial charge in [0.15, 0.2) is 5.82 Å². The van der Waals surface area contributed by atoms with Crippen LogP contribution in [-0.2, 0) is 6.18 Å². The van der Waals surface area contributed by atoms with Crippen LogP contribution in [0.2, 0.25) is 0 Å². The molecule has 1 aliphatic carbocycles. The molecule has 2 N–H and O–H groups in total. The number of H-pyrrole nitrogens is 1. The zero-order chi connectivity index (χ0) is 30.3. The highest BCUT2D eigenvalue weighted by atomic mass is 19.4. The molecule has 0 spiro atoms. The number of likely N-dealkylation sites (N-methyl/N-ethyl adjacent to an activating group) is 1. The van der Waals surface area contributed by atoms with Gasteiger partial charge in [0.25, 0.3) is 5.91 Å². The van der Waals surface area contributed by atoms with E-state index in [0.29, 0.717) is 31.8 Å². The molecule has 2 atom stereocenters. The number of pyridine rings is 2. The molecule has 1 saturated carbocycles. The Kier molecular flexibility index (Phi) is 7.97. The summed E-state index contributed by atoms with van der Waals surface area (Å²) in [6, 6.07) is 4.14. The average molecular weight is 592 g/mol. The lowest BCUT2D eigenvalue weighted by molar-refractivity contribution is -0.138. The summed E-state index contributed by atoms with van der Waals surface area (Å²) >= 11 is 0. The first-order chi connectivity index (χ1) is 19.8. The molecular formula is C29H30F5N5O3. The minimum atomic E-state index is -5.03. The quantitative estimate of drug-likeness (QED) is 0.363. The molecule has 0 radical (unpaired) electrons. The number of alkyl halides is 3. The fourth-order valence-corrected chi connectivity index (χ4v) is 5.02. The fraction of sp³-hybridized carbons (Fsp3) is 0.414. The van der Waals surface area contributed by atoms with Crippen molar-refractivity contribution in [1.82, 2.24) is 14.9 Å². The monoisotopic (exact) mass is 591 g/mol. The molecule has 3 aromatic rings. The normalized spacial score (nSPS) is 19.6. The molecule has 1 unspecified atom stereocenters. The van der Waals surface area contributed by atoms with Crippen LogP contribution in [0.25, 0.3) is 11.1 Å². The lowest BCUT2D eigenvalue weighted by Crippen LogP contribution is -2.55. The zero-order valence-corrected chi connectivity index (χ0v) is 23.2. The van der Waals surface area contributed by atoms with Gasteiger partial charge in [0.05, 0.1) is 29.0 Å². The molecule has 8 nitrogen and oxygen atoms in total. The van der Waals surface area contributed by atoms with Crippen LogP contribution in [0.1, 0.15) is 42.6 Å². The lowest BCUT2D eigenvalue weighted by atomic mass is 10.0. The van der Waals surface area contributed by atoms with Crippen molar-refractivity contribution in [2.24, 2.45) is 5.92 Å². The Morgan fingerprint density at radius 1 is 1.14 bits per heavy atom. The predicted molar refractivity (Wildman–Crippen MR) is 147 cm³/mol. The van der Waals surface area contributed by atoms with Crippen molar-refractivity contribution >= 4 is 17.3 Å². The van der Waals surface area contributed by atoms with Crippen molar-refractivity contribution in [2.75, 3.05) is 37.0 Å². The number of nitrogens with zero attached hydrogens (tertiary/aromatic N) is 3. The summed E-state index contributed by atoms with van der Waals surface area (Å²) in [5.41, 5.74) is -4.45. The summed E-state index contributed by atoms with van der Waals surface area (Å²) < 4.78 is 78.6. The van der Waals surface area contributed by atoms with Gasteiger partial charge in [-0.3, -0.25) is 14.5 Å². The van der Waals surface area contributed by atoms with Gasteiger partial charge in [0, 0.05) is 61.3 Å². The number of hydrogen-bond donors (Lipinski definition) is 2. The highest BCUT2D eigenvalue weighted by Gasteiger charge is 2.37. The molecule has 2 aromatic heterocycles. The molecule has 2 fully saturated rings. The van der Waals surface area contributed by atoms with E-state index in [1.54, 1.807) is 4.90 Å². The van der Waals surface area contributed by atoms with E-state index in [2.05, 4.69) is 20.2 Å². The van der Waals surface area contributed by atoms with Crippen LogP contribution in [0.5, 0.6) is 5.88 Å². The highest BCUT2D eigenvalue weighted by Crippen LogP contribution is 2.40. The third kappa shape index (κ3) is 6.10. The van der Waals surface area contributed by atoms with Gasteiger partial charge >= 0.3 is 6.18 Å². The summed E-state index contributed by atoms with van der Waals surface area (Å²) in [5.74, 6) is -2.68. The summed E-state index contributed by atoms with van der Waals surface area (Å²) in [7, 11) is 1.92. The van der Waals surface area contributed by atoms with Crippen molar-refractivity contribution in [2.45, 2.75) is 44.9 Å². The third-order valence-electron chi connectivity index (χ3n) is 7.80. The molecule has 3 heterocycles.